The molecule has 0 radical (unpaired) electrons. The largest absolute Gasteiger partial charge is 0.424 e. The summed E-state index contributed by atoms with van der Waals surface area (Å²) in [6, 6.07) is -0.318. The molecule has 0 bridgehead atoms. The van der Waals surface area contributed by atoms with E-state index in [4.69, 9.17) is 0 Å². The topological polar surface area (TPSA) is 77.7 Å². The van der Waals surface area contributed by atoms with Gasteiger partial charge in [-0.2, -0.15) is 26.3 Å². The van der Waals surface area contributed by atoms with Gasteiger partial charge in [0.2, 0.25) is 5.60 Å². The number of aliphatic imine (C=N–C) groups is 1. The summed E-state index contributed by atoms with van der Waals surface area (Å²) in [5, 5.41) is 16.1. The summed E-state index contributed by atoms with van der Waals surface area (Å²) in [6.07, 6.45) is -7.11. The third-order valence-corrected chi connectivity index (χ3v) is 4.76. The molecule has 7 nitrogen and oxygen atoms in total. The van der Waals surface area contributed by atoms with Crippen molar-refractivity contribution >= 4 is 5.96 Å². The number of halogens is 6. The van der Waals surface area contributed by atoms with Crippen LogP contribution in [0.25, 0.3) is 0 Å². The molecule has 2 heterocycles. The summed E-state index contributed by atoms with van der Waals surface area (Å²) in [5.74, 6) is -0.359. The fourth-order valence-electron chi connectivity index (χ4n) is 3.33. The molecule has 30 heavy (non-hydrogen) atoms. The van der Waals surface area contributed by atoms with E-state index in [-0.39, 0.29) is 31.6 Å². The second-order valence-corrected chi connectivity index (χ2v) is 7.21. The highest BCUT2D eigenvalue weighted by Gasteiger charge is 2.57. The minimum atomic E-state index is -4.96. The van der Waals surface area contributed by atoms with Gasteiger partial charge in [-0.15, -0.1) is 0 Å². The van der Waals surface area contributed by atoms with Crippen molar-refractivity contribution in [3.8, 4) is 0 Å². The quantitative estimate of drug-likeness (QED) is 0.340. The summed E-state index contributed by atoms with van der Waals surface area (Å²) in [4.78, 5) is 8.95. The van der Waals surface area contributed by atoms with Crippen molar-refractivity contribution in [3.63, 3.8) is 0 Å². The number of likely N-dealkylation sites (tertiary alicyclic amines) is 1. The number of aromatic nitrogens is 2. The Morgan fingerprint density at radius 1 is 1.30 bits per heavy atom. The molecule has 0 amide bonds. The van der Waals surface area contributed by atoms with Gasteiger partial charge in [-0.05, 0) is 13.3 Å². The van der Waals surface area contributed by atoms with Crippen LogP contribution in [0.4, 0.5) is 26.3 Å². The number of hydrogen-bond donors (Lipinski definition) is 3. The van der Waals surface area contributed by atoms with Crippen LogP contribution in [-0.4, -0.2) is 76.6 Å². The molecule has 2 atom stereocenters. The first-order chi connectivity index (χ1) is 13.9. The zero-order chi connectivity index (χ0) is 22.6. The van der Waals surface area contributed by atoms with Crippen LogP contribution in [0.5, 0.6) is 0 Å². The van der Waals surface area contributed by atoms with Crippen molar-refractivity contribution in [1.82, 2.24) is 25.1 Å². The van der Waals surface area contributed by atoms with Crippen molar-refractivity contribution in [2.75, 3.05) is 32.7 Å². The Bertz CT molecular complexity index is 718. The van der Waals surface area contributed by atoms with Crippen LogP contribution in [0.1, 0.15) is 25.6 Å². The maximum atomic E-state index is 13.5. The Labute approximate surface area is 170 Å². The van der Waals surface area contributed by atoms with Crippen molar-refractivity contribution in [2.45, 2.75) is 43.8 Å². The van der Waals surface area contributed by atoms with E-state index in [0.717, 1.165) is 10.8 Å². The van der Waals surface area contributed by atoms with Gasteiger partial charge in [0.25, 0.3) is 0 Å². The summed E-state index contributed by atoms with van der Waals surface area (Å²) >= 11 is 0. The third-order valence-electron chi connectivity index (χ3n) is 4.76. The second kappa shape index (κ2) is 9.41. The maximum absolute atomic E-state index is 13.5. The lowest BCUT2D eigenvalue weighted by atomic mass is 9.98. The van der Waals surface area contributed by atoms with E-state index < -0.39 is 36.7 Å². The summed E-state index contributed by atoms with van der Waals surface area (Å²) < 4.78 is 79.3. The zero-order valence-corrected chi connectivity index (χ0v) is 16.7. The summed E-state index contributed by atoms with van der Waals surface area (Å²) in [6.45, 7) is 1.17. The number of hydrogen-bond acceptors (Lipinski definition) is 4. The van der Waals surface area contributed by atoms with Gasteiger partial charge >= 0.3 is 12.4 Å². The molecule has 0 aliphatic carbocycles. The standard InChI is InChI=1S/C17H26F6N6O/c1-3-24-14(27-12-4-8-29(10-12)11-16(18,19)20)26-6-5-15(30,17(21,22)23)13-25-7-9-28(13)2/h7,9,12,30H,3-6,8,10-11H2,1-2H3,(H2,24,26,27). The zero-order valence-electron chi connectivity index (χ0n) is 16.7. The molecule has 172 valence electrons. The number of rotatable bonds is 7. The van der Waals surface area contributed by atoms with Crippen molar-refractivity contribution in [1.29, 1.82) is 0 Å². The molecule has 0 aromatic carbocycles. The lowest BCUT2D eigenvalue weighted by Crippen LogP contribution is -2.46. The Hall–Kier alpha value is -2.02. The second-order valence-electron chi connectivity index (χ2n) is 7.21. The number of nitrogens with one attached hydrogen (secondary N) is 2. The van der Waals surface area contributed by atoms with Crippen LogP contribution < -0.4 is 10.6 Å². The van der Waals surface area contributed by atoms with Gasteiger partial charge in [0.1, 0.15) is 5.82 Å². The van der Waals surface area contributed by atoms with Crippen LogP contribution in [0.3, 0.4) is 0 Å². The monoisotopic (exact) mass is 444 g/mol. The summed E-state index contributed by atoms with van der Waals surface area (Å²) in [5.41, 5.74) is -3.18. The minimum absolute atomic E-state index is 0.143. The number of aryl methyl sites for hydroxylation is 1. The van der Waals surface area contributed by atoms with Crippen molar-refractivity contribution < 1.29 is 31.4 Å². The minimum Gasteiger partial charge on any atom is -0.374 e. The molecule has 0 spiro atoms. The Morgan fingerprint density at radius 2 is 2.00 bits per heavy atom. The number of guanidine groups is 1. The average molecular weight is 444 g/mol. The Morgan fingerprint density at radius 3 is 2.53 bits per heavy atom. The first kappa shape index (κ1) is 24.3. The first-order valence-electron chi connectivity index (χ1n) is 9.46. The predicted octanol–water partition coefficient (Wildman–Crippen LogP) is 1.75. The van der Waals surface area contributed by atoms with Crippen LogP contribution in [0, 0.1) is 0 Å². The average Bonchev–Trinajstić information content (AvgIpc) is 3.21. The Balaban J connectivity index is 2.03. The van der Waals surface area contributed by atoms with Gasteiger partial charge in [-0.25, -0.2) is 4.98 Å². The molecule has 2 unspecified atom stereocenters. The smallest absolute Gasteiger partial charge is 0.374 e. The molecule has 0 saturated carbocycles. The lowest BCUT2D eigenvalue weighted by molar-refractivity contribution is -0.272. The van der Waals surface area contributed by atoms with Gasteiger partial charge in [0.15, 0.2) is 5.96 Å². The number of alkyl halides is 6. The van der Waals surface area contributed by atoms with Gasteiger partial charge in [-0.1, -0.05) is 0 Å². The molecule has 13 heteroatoms. The van der Waals surface area contributed by atoms with E-state index in [1.807, 2.05) is 0 Å². The molecule has 1 aliphatic rings. The van der Waals surface area contributed by atoms with E-state index in [1.165, 1.54) is 18.1 Å². The van der Waals surface area contributed by atoms with Gasteiger partial charge < -0.3 is 20.3 Å². The number of nitrogens with zero attached hydrogens (tertiary/aromatic N) is 4. The van der Waals surface area contributed by atoms with Gasteiger partial charge in [0.05, 0.1) is 6.54 Å². The van der Waals surface area contributed by atoms with Gasteiger partial charge in [0, 0.05) is 58.1 Å². The van der Waals surface area contributed by atoms with Crippen molar-refractivity contribution in [2.24, 2.45) is 12.0 Å². The number of imidazole rings is 1. The van der Waals surface area contributed by atoms with Crippen LogP contribution in [0.2, 0.25) is 0 Å². The molecule has 1 fully saturated rings. The Kier molecular flexibility index (Phi) is 7.61. The summed E-state index contributed by atoms with van der Waals surface area (Å²) in [7, 11) is 1.35. The molecular formula is C17H26F6N6O. The normalized spacial score (nSPS) is 21.0. The molecule has 1 aromatic rings. The third kappa shape index (κ3) is 6.24. The molecule has 2 rings (SSSR count). The van der Waals surface area contributed by atoms with E-state index in [1.54, 1.807) is 6.92 Å². The van der Waals surface area contributed by atoms with E-state index in [9.17, 15) is 31.4 Å². The molecular weight excluding hydrogens is 418 g/mol. The highest BCUT2D eigenvalue weighted by molar-refractivity contribution is 5.80. The fraction of sp³-hybridized carbons (Fsp3) is 0.765. The van der Waals surface area contributed by atoms with Crippen LogP contribution >= 0.6 is 0 Å². The van der Waals surface area contributed by atoms with Gasteiger partial charge in [-0.3, -0.25) is 9.89 Å². The predicted molar refractivity (Wildman–Crippen MR) is 97.8 cm³/mol. The van der Waals surface area contributed by atoms with E-state index in [2.05, 4.69) is 20.6 Å². The first-order valence-corrected chi connectivity index (χ1v) is 9.46. The SMILES string of the molecule is CCNC(=NCCC(O)(c1nccn1C)C(F)(F)F)NC1CCN(CC(F)(F)F)C1. The molecule has 3 N–H and O–H groups in total. The fourth-order valence-corrected chi connectivity index (χ4v) is 3.33. The van der Waals surface area contributed by atoms with Crippen molar-refractivity contribution in [3.05, 3.63) is 18.2 Å². The van der Waals surface area contributed by atoms with Crippen LogP contribution in [-0.2, 0) is 12.6 Å². The highest BCUT2D eigenvalue weighted by atomic mass is 19.4. The van der Waals surface area contributed by atoms with E-state index >= 15 is 0 Å². The molecule has 1 aliphatic heterocycles. The molecule has 1 saturated heterocycles. The van der Waals surface area contributed by atoms with Crippen LogP contribution in [0.15, 0.2) is 17.4 Å². The molecule has 1 aromatic heterocycles. The van der Waals surface area contributed by atoms with E-state index in [0.29, 0.717) is 13.0 Å². The number of aliphatic hydroxyl groups is 1. The maximum Gasteiger partial charge on any atom is 0.424 e. The highest BCUT2D eigenvalue weighted by Crippen LogP contribution is 2.40. The lowest BCUT2D eigenvalue weighted by Gasteiger charge is -2.29.